The second-order valence-corrected chi connectivity index (χ2v) is 9.11. The number of carbonyl (C=O) groups excluding carboxylic acids is 1. The monoisotopic (exact) mass is 545 g/mol. The highest BCUT2D eigenvalue weighted by atomic mass is 79.9. The Morgan fingerprint density at radius 2 is 1.90 bits per heavy atom. The fraction of sp³-hybridized carbons (Fsp3) is 0.381. The minimum atomic E-state index is -0.753. The molecule has 0 aliphatic carbocycles. The molecule has 1 saturated heterocycles. The van der Waals surface area contributed by atoms with Crippen LogP contribution < -0.4 is 10.1 Å². The predicted molar refractivity (Wildman–Crippen MR) is 119 cm³/mol. The van der Waals surface area contributed by atoms with Crippen molar-refractivity contribution in [2.45, 2.75) is 6.10 Å². The predicted octanol–water partition coefficient (Wildman–Crippen LogP) is 3.58. The van der Waals surface area contributed by atoms with Gasteiger partial charge in [0.1, 0.15) is 43.9 Å². The zero-order valence-electron chi connectivity index (χ0n) is 16.3. The van der Waals surface area contributed by atoms with Gasteiger partial charge >= 0.3 is 0 Å². The Labute approximate surface area is 191 Å². The number of morpholine rings is 1. The van der Waals surface area contributed by atoms with E-state index in [2.05, 4.69) is 37.2 Å². The number of hydrogen-bond donors (Lipinski definition) is 2. The molecule has 0 aromatic heterocycles. The van der Waals surface area contributed by atoms with Gasteiger partial charge < -0.3 is 24.4 Å². The first-order valence-corrected chi connectivity index (χ1v) is 11.2. The third-order valence-corrected chi connectivity index (χ3v) is 6.06. The summed E-state index contributed by atoms with van der Waals surface area (Å²) in [5.41, 5.74) is 0.539. The van der Waals surface area contributed by atoms with Gasteiger partial charge in [-0.3, -0.25) is 4.79 Å². The molecule has 30 heavy (non-hydrogen) atoms. The molecular weight excluding hydrogens is 523 g/mol. The van der Waals surface area contributed by atoms with Gasteiger partial charge in [-0.2, -0.15) is 0 Å². The van der Waals surface area contributed by atoms with Crippen LogP contribution in [-0.2, 0) is 9.53 Å². The van der Waals surface area contributed by atoms with Crippen LogP contribution in [0.1, 0.15) is 0 Å². The highest BCUT2D eigenvalue weighted by molar-refractivity contribution is 9.11. The summed E-state index contributed by atoms with van der Waals surface area (Å²) in [7, 11) is 0. The number of aliphatic hydroxyl groups is 1. The molecule has 2 aromatic carbocycles. The molecule has 0 bridgehead atoms. The van der Waals surface area contributed by atoms with Gasteiger partial charge in [-0.25, -0.2) is 4.39 Å². The van der Waals surface area contributed by atoms with E-state index in [0.717, 1.165) is 8.95 Å². The van der Waals surface area contributed by atoms with E-state index in [1.54, 1.807) is 0 Å². The molecule has 1 unspecified atom stereocenters. The lowest BCUT2D eigenvalue weighted by molar-refractivity contribution is -0.930. The number of anilines is 1. The van der Waals surface area contributed by atoms with E-state index in [1.807, 2.05) is 18.2 Å². The highest BCUT2D eigenvalue weighted by Crippen LogP contribution is 2.28. The molecule has 2 N–H and O–H groups in total. The third-order valence-electron chi connectivity index (χ3n) is 4.95. The number of nitrogens with one attached hydrogen (secondary N) is 1. The normalized spacial score (nSPS) is 16.7. The van der Waals surface area contributed by atoms with Crippen molar-refractivity contribution in [1.82, 2.24) is 0 Å². The molecule has 0 radical (unpaired) electrons. The maximum atomic E-state index is 13.1. The van der Waals surface area contributed by atoms with Gasteiger partial charge in [-0.15, -0.1) is 0 Å². The second kappa shape index (κ2) is 10.7. The maximum absolute atomic E-state index is 13.1. The van der Waals surface area contributed by atoms with Crippen molar-refractivity contribution < 1.29 is 28.2 Å². The van der Waals surface area contributed by atoms with E-state index in [4.69, 9.17) is 9.47 Å². The Kier molecular flexibility index (Phi) is 8.24. The van der Waals surface area contributed by atoms with Gasteiger partial charge in [0.2, 0.25) is 0 Å². The van der Waals surface area contributed by atoms with Crippen LogP contribution in [0.3, 0.4) is 0 Å². The molecule has 1 atom stereocenters. The summed E-state index contributed by atoms with van der Waals surface area (Å²) in [6.45, 7) is 2.96. The lowest BCUT2D eigenvalue weighted by Gasteiger charge is -2.41. The average Bonchev–Trinajstić information content (AvgIpc) is 2.69. The number of benzene rings is 2. The van der Waals surface area contributed by atoms with Gasteiger partial charge in [0, 0.05) is 10.2 Å². The van der Waals surface area contributed by atoms with E-state index >= 15 is 0 Å². The number of hydrogen-bond acceptors (Lipinski definition) is 4. The van der Waals surface area contributed by atoms with Crippen molar-refractivity contribution in [2.24, 2.45) is 0 Å². The molecule has 6 nitrogen and oxygen atoms in total. The van der Waals surface area contributed by atoms with Crippen molar-refractivity contribution in [1.29, 1.82) is 0 Å². The summed E-state index contributed by atoms with van der Waals surface area (Å²) in [6, 6.07) is 11.2. The van der Waals surface area contributed by atoms with Gasteiger partial charge in [0.05, 0.1) is 17.7 Å². The first kappa shape index (κ1) is 23.1. The number of nitrogens with zero attached hydrogens (tertiary/aromatic N) is 1. The van der Waals surface area contributed by atoms with Crippen LogP contribution in [0.2, 0.25) is 0 Å². The number of halogens is 3. The Bertz CT molecular complexity index is 861. The van der Waals surface area contributed by atoms with Gasteiger partial charge in [0.25, 0.3) is 5.91 Å². The Balaban J connectivity index is 1.59. The molecule has 1 aliphatic rings. The fourth-order valence-electron chi connectivity index (χ4n) is 3.45. The zero-order chi connectivity index (χ0) is 21.6. The van der Waals surface area contributed by atoms with E-state index in [1.165, 1.54) is 24.3 Å². The summed E-state index contributed by atoms with van der Waals surface area (Å²) in [5, 5.41) is 13.4. The highest BCUT2D eigenvalue weighted by Gasteiger charge is 2.35. The topological polar surface area (TPSA) is 67.8 Å². The van der Waals surface area contributed by atoms with Crippen LogP contribution in [0, 0.1) is 5.82 Å². The number of quaternary nitrogens is 1. The van der Waals surface area contributed by atoms with Crippen molar-refractivity contribution in [2.75, 3.05) is 51.3 Å². The van der Waals surface area contributed by atoms with Crippen LogP contribution in [-0.4, -0.2) is 67.6 Å². The summed E-state index contributed by atoms with van der Waals surface area (Å²) in [6.07, 6.45) is -0.753. The van der Waals surface area contributed by atoms with Gasteiger partial charge in [-0.1, -0.05) is 15.9 Å². The molecule has 1 amide bonds. The van der Waals surface area contributed by atoms with Crippen molar-refractivity contribution in [3.05, 3.63) is 57.2 Å². The molecule has 1 aliphatic heterocycles. The lowest BCUT2D eigenvalue weighted by Crippen LogP contribution is -2.61. The molecule has 1 fully saturated rings. The van der Waals surface area contributed by atoms with E-state index in [0.29, 0.717) is 48.8 Å². The SMILES string of the molecule is O=C(C[N+]1(CC(O)COc2ccc(Br)cc2Br)CCOCC1)Nc1ccc(F)cc1. The third kappa shape index (κ3) is 6.75. The van der Waals surface area contributed by atoms with Crippen LogP contribution in [0.5, 0.6) is 5.75 Å². The molecular formula is C21H24Br2FN2O4+. The van der Waals surface area contributed by atoms with Crippen LogP contribution >= 0.6 is 31.9 Å². The van der Waals surface area contributed by atoms with E-state index in [9.17, 15) is 14.3 Å². The standard InChI is InChI=1S/C21H23Br2FN2O4/c22-15-1-6-20(19(23)11-15)30-14-18(27)12-26(7-9-29-10-8-26)13-21(28)25-17-4-2-16(24)3-5-17/h1-6,11,18,27H,7-10,12-14H2/p+1. The first-order chi connectivity index (χ1) is 14.3. The maximum Gasteiger partial charge on any atom is 0.279 e. The summed E-state index contributed by atoms with van der Waals surface area (Å²) in [4.78, 5) is 12.6. The summed E-state index contributed by atoms with van der Waals surface area (Å²) >= 11 is 6.83. The van der Waals surface area contributed by atoms with Gasteiger partial charge in [-0.05, 0) is 58.4 Å². The Morgan fingerprint density at radius 3 is 2.57 bits per heavy atom. The minimum Gasteiger partial charge on any atom is -0.489 e. The zero-order valence-corrected chi connectivity index (χ0v) is 19.5. The van der Waals surface area contributed by atoms with E-state index in [-0.39, 0.29) is 24.9 Å². The quantitative estimate of drug-likeness (QED) is 0.497. The Hall–Kier alpha value is -1.52. The molecule has 1 heterocycles. The van der Waals surface area contributed by atoms with Crippen molar-refractivity contribution in [3.8, 4) is 5.75 Å². The number of ether oxygens (including phenoxy) is 2. The van der Waals surface area contributed by atoms with Gasteiger partial charge in [0.15, 0.2) is 6.54 Å². The average molecular weight is 547 g/mol. The molecule has 0 saturated carbocycles. The largest absolute Gasteiger partial charge is 0.489 e. The van der Waals surface area contributed by atoms with Crippen molar-refractivity contribution in [3.63, 3.8) is 0 Å². The minimum absolute atomic E-state index is 0.112. The van der Waals surface area contributed by atoms with Crippen LogP contribution in [0.25, 0.3) is 0 Å². The smallest absolute Gasteiger partial charge is 0.279 e. The van der Waals surface area contributed by atoms with Crippen LogP contribution in [0.4, 0.5) is 10.1 Å². The lowest BCUT2D eigenvalue weighted by atomic mass is 10.2. The molecule has 162 valence electrons. The number of rotatable bonds is 8. The number of carbonyl (C=O) groups is 1. The second-order valence-electron chi connectivity index (χ2n) is 7.34. The van der Waals surface area contributed by atoms with Crippen LogP contribution in [0.15, 0.2) is 51.4 Å². The van der Waals surface area contributed by atoms with Crippen molar-refractivity contribution >= 4 is 43.5 Å². The number of amides is 1. The molecule has 2 aromatic rings. The molecule has 0 spiro atoms. The number of aliphatic hydroxyl groups excluding tert-OH is 1. The summed E-state index contributed by atoms with van der Waals surface area (Å²) < 4.78 is 26.4. The fourth-order valence-corrected chi connectivity index (χ4v) is 4.61. The Morgan fingerprint density at radius 1 is 1.20 bits per heavy atom. The van der Waals surface area contributed by atoms with E-state index < -0.39 is 6.10 Å². The molecule has 9 heteroatoms. The first-order valence-electron chi connectivity index (χ1n) is 9.59. The molecule has 3 rings (SSSR count). The summed E-state index contributed by atoms with van der Waals surface area (Å²) in [5.74, 6) is 0.0947.